The van der Waals surface area contributed by atoms with E-state index in [0.29, 0.717) is 0 Å². The number of hydrogen-bond acceptors (Lipinski definition) is 3. The molecule has 0 fully saturated rings. The molecule has 0 heterocycles. The van der Waals surface area contributed by atoms with Gasteiger partial charge in [0.25, 0.3) is 0 Å². The number of primary sulfonamides is 1. The molecule has 0 saturated heterocycles. The molecule has 0 unspecified atom stereocenters. The molecule has 0 aromatic heterocycles. The Morgan fingerprint density at radius 3 is 2.00 bits per heavy atom. The highest BCUT2D eigenvalue weighted by Gasteiger charge is 2.02. The molecule has 0 bridgehead atoms. The van der Waals surface area contributed by atoms with Crippen LogP contribution in [0, 0.1) is 0 Å². The molecule has 0 aromatic carbocycles. The lowest BCUT2D eigenvalue weighted by atomic mass is 10.7. The molecule has 0 rings (SSSR count). The zero-order chi connectivity index (χ0) is 6.78. The summed E-state index contributed by atoms with van der Waals surface area (Å²) in [6, 6.07) is 0. The highest BCUT2D eigenvalue weighted by molar-refractivity contribution is 7.93. The average Bonchev–Trinajstić information content (AvgIpc) is 1.62. The minimum absolute atomic E-state index is 0.0162. The lowest BCUT2D eigenvalue weighted by molar-refractivity contribution is 0.603. The molecule has 0 aliphatic carbocycles. The number of hydrogen-bond donors (Lipinski definition) is 2. The zero-order valence-electron chi connectivity index (χ0n) is 4.46. The molecule has 0 atom stereocenters. The maximum Gasteiger partial charge on any atom is 0.235 e. The van der Waals surface area contributed by atoms with Crippen LogP contribution in [0.5, 0.6) is 0 Å². The van der Waals surface area contributed by atoms with E-state index in [0.717, 1.165) is 6.20 Å². The van der Waals surface area contributed by atoms with E-state index in [2.05, 4.69) is 5.14 Å². The predicted octanol–water partition coefficient (Wildman–Crippen LogP) is -0.905. The van der Waals surface area contributed by atoms with Crippen LogP contribution in [0.25, 0.3) is 0 Å². The predicted molar refractivity (Wildman–Crippen MR) is 31.1 cm³/mol. The van der Waals surface area contributed by atoms with Gasteiger partial charge in [-0.25, -0.2) is 13.6 Å². The monoisotopic (exact) mass is 136 g/mol. The second-order valence-corrected chi connectivity index (χ2v) is 3.06. The topological polar surface area (TPSA) is 86.2 Å². The van der Waals surface area contributed by atoms with Crippen LogP contribution >= 0.6 is 0 Å². The van der Waals surface area contributed by atoms with Crippen molar-refractivity contribution in [3.8, 4) is 0 Å². The number of allylic oxidation sites excluding steroid dienone is 1. The molecule has 0 aliphatic rings. The van der Waals surface area contributed by atoms with E-state index in [1.807, 2.05) is 0 Å². The molecule has 0 amide bonds. The summed E-state index contributed by atoms with van der Waals surface area (Å²) < 4.78 is 20.4. The van der Waals surface area contributed by atoms with Crippen molar-refractivity contribution < 1.29 is 8.42 Å². The minimum Gasteiger partial charge on any atom is -0.404 e. The van der Waals surface area contributed by atoms with Crippen LogP contribution in [-0.2, 0) is 10.0 Å². The van der Waals surface area contributed by atoms with Gasteiger partial charge < -0.3 is 5.73 Å². The van der Waals surface area contributed by atoms with Gasteiger partial charge in [-0.1, -0.05) is 0 Å². The van der Waals surface area contributed by atoms with E-state index in [1.54, 1.807) is 0 Å². The Hall–Kier alpha value is -0.550. The molecular weight excluding hydrogens is 128 g/mol. The van der Waals surface area contributed by atoms with Crippen molar-refractivity contribution in [3.63, 3.8) is 0 Å². The van der Waals surface area contributed by atoms with Gasteiger partial charge in [0.15, 0.2) is 0 Å². The summed E-state index contributed by atoms with van der Waals surface area (Å²) in [6.45, 7) is 1.33. The summed E-state index contributed by atoms with van der Waals surface area (Å²) in [5.41, 5.74) is 4.84. The molecule has 48 valence electrons. The molecule has 8 heavy (non-hydrogen) atoms. The molecule has 0 aliphatic heterocycles. The molecule has 0 saturated carbocycles. The lowest BCUT2D eigenvalue weighted by Crippen LogP contribution is -2.13. The van der Waals surface area contributed by atoms with Crippen molar-refractivity contribution in [1.82, 2.24) is 0 Å². The molecule has 5 heteroatoms. The van der Waals surface area contributed by atoms with Gasteiger partial charge in [0.2, 0.25) is 10.0 Å². The number of rotatable bonds is 1. The van der Waals surface area contributed by atoms with Gasteiger partial charge in [0.1, 0.15) is 0 Å². The van der Waals surface area contributed by atoms with E-state index >= 15 is 0 Å². The third-order valence-electron chi connectivity index (χ3n) is 0.683. The smallest absolute Gasteiger partial charge is 0.235 e. The fourth-order valence-electron chi connectivity index (χ4n) is 0.0948. The SMILES string of the molecule is C/C(=C/N)S(N)(=O)=O. The second kappa shape index (κ2) is 2.15. The van der Waals surface area contributed by atoms with Gasteiger partial charge in [-0.3, -0.25) is 0 Å². The van der Waals surface area contributed by atoms with Crippen molar-refractivity contribution >= 4 is 10.0 Å². The Bertz CT molecular complexity index is 191. The van der Waals surface area contributed by atoms with Crippen LogP contribution in [0.3, 0.4) is 0 Å². The number of sulfonamides is 1. The summed E-state index contributed by atoms with van der Waals surface area (Å²) in [5, 5.41) is 4.61. The van der Waals surface area contributed by atoms with Crippen molar-refractivity contribution in [2.24, 2.45) is 10.9 Å². The maximum absolute atomic E-state index is 10.2. The fraction of sp³-hybridized carbons (Fsp3) is 0.333. The maximum atomic E-state index is 10.2. The Labute approximate surface area is 48.2 Å². The standard InChI is InChI=1S/C3H8N2O2S/c1-3(2-4)8(5,6)7/h2H,4H2,1H3,(H2,5,6,7)/b3-2-. The average molecular weight is 136 g/mol. The van der Waals surface area contributed by atoms with Gasteiger partial charge in [-0.2, -0.15) is 0 Å². The normalized spacial score (nSPS) is 14.0. The molecule has 4 nitrogen and oxygen atoms in total. The van der Waals surface area contributed by atoms with Crippen molar-refractivity contribution in [3.05, 3.63) is 11.1 Å². The summed E-state index contributed by atoms with van der Waals surface area (Å²) in [4.78, 5) is -0.0162. The third-order valence-corrected chi connectivity index (χ3v) is 1.72. The first-order chi connectivity index (χ1) is 3.48. The van der Waals surface area contributed by atoms with Gasteiger partial charge >= 0.3 is 0 Å². The Morgan fingerprint density at radius 1 is 1.62 bits per heavy atom. The first-order valence-electron chi connectivity index (χ1n) is 1.90. The van der Waals surface area contributed by atoms with Gasteiger partial charge in [-0.05, 0) is 6.92 Å². The van der Waals surface area contributed by atoms with Crippen molar-refractivity contribution in [1.29, 1.82) is 0 Å². The highest BCUT2D eigenvalue weighted by atomic mass is 32.2. The highest BCUT2D eigenvalue weighted by Crippen LogP contribution is 1.93. The Balaban J connectivity index is 4.55. The summed E-state index contributed by atoms with van der Waals surface area (Å²) >= 11 is 0. The summed E-state index contributed by atoms with van der Waals surface area (Å²) in [7, 11) is -3.52. The van der Waals surface area contributed by atoms with Crippen LogP contribution < -0.4 is 10.9 Å². The van der Waals surface area contributed by atoms with Gasteiger partial charge in [-0.15, -0.1) is 0 Å². The van der Waals surface area contributed by atoms with Gasteiger partial charge in [0.05, 0.1) is 4.91 Å². The lowest BCUT2D eigenvalue weighted by Gasteiger charge is -1.90. The molecule has 0 radical (unpaired) electrons. The van der Waals surface area contributed by atoms with Crippen LogP contribution in [0.4, 0.5) is 0 Å². The quantitative estimate of drug-likeness (QED) is 0.489. The third kappa shape index (κ3) is 1.94. The van der Waals surface area contributed by atoms with E-state index in [-0.39, 0.29) is 4.91 Å². The fourth-order valence-corrected chi connectivity index (χ4v) is 0.285. The van der Waals surface area contributed by atoms with E-state index < -0.39 is 10.0 Å². The Kier molecular flexibility index (Phi) is 2.00. The molecule has 0 spiro atoms. The van der Waals surface area contributed by atoms with E-state index in [4.69, 9.17) is 5.73 Å². The first kappa shape index (κ1) is 7.45. The Morgan fingerprint density at radius 2 is 2.00 bits per heavy atom. The number of nitrogens with two attached hydrogens (primary N) is 2. The summed E-state index contributed by atoms with van der Waals surface area (Å²) in [5.74, 6) is 0. The van der Waals surface area contributed by atoms with E-state index in [1.165, 1.54) is 6.92 Å². The molecular formula is C3H8N2O2S. The van der Waals surface area contributed by atoms with Crippen LogP contribution in [0.1, 0.15) is 6.92 Å². The largest absolute Gasteiger partial charge is 0.404 e. The van der Waals surface area contributed by atoms with Crippen LogP contribution in [-0.4, -0.2) is 8.42 Å². The minimum atomic E-state index is -3.52. The second-order valence-electron chi connectivity index (χ2n) is 1.32. The van der Waals surface area contributed by atoms with Crippen LogP contribution in [0.15, 0.2) is 11.1 Å². The molecule has 0 aromatic rings. The first-order valence-corrected chi connectivity index (χ1v) is 3.44. The molecule has 4 N–H and O–H groups in total. The summed E-state index contributed by atoms with van der Waals surface area (Å²) in [6.07, 6.45) is 0.954. The van der Waals surface area contributed by atoms with E-state index in [9.17, 15) is 8.42 Å². The van der Waals surface area contributed by atoms with Crippen molar-refractivity contribution in [2.75, 3.05) is 0 Å². The zero-order valence-corrected chi connectivity index (χ0v) is 5.27. The van der Waals surface area contributed by atoms with Crippen LogP contribution in [0.2, 0.25) is 0 Å². The van der Waals surface area contributed by atoms with Gasteiger partial charge in [0, 0.05) is 6.20 Å². The van der Waals surface area contributed by atoms with Crippen molar-refractivity contribution in [2.45, 2.75) is 6.92 Å².